The number of hydrogen-bond acceptors (Lipinski definition) is 1. The molecule has 0 fully saturated rings. The van der Waals surface area contributed by atoms with Crippen LogP contribution in [0, 0.1) is 17.8 Å². The largest absolute Gasteiger partial charge is 0.316 e. The summed E-state index contributed by atoms with van der Waals surface area (Å²) >= 11 is 0. The SMILES string of the molecule is CCCCC(CC)CNC[C@@H](C)C(C)C. The predicted octanol–water partition coefficient (Wildman–Crippen LogP) is 4.08. The van der Waals surface area contributed by atoms with E-state index in [1.54, 1.807) is 0 Å². The summed E-state index contributed by atoms with van der Waals surface area (Å²) in [4.78, 5) is 0. The summed E-state index contributed by atoms with van der Waals surface area (Å²) in [6.45, 7) is 13.9. The number of rotatable bonds is 9. The van der Waals surface area contributed by atoms with E-state index in [-0.39, 0.29) is 0 Å². The maximum atomic E-state index is 3.63. The molecule has 0 amide bonds. The van der Waals surface area contributed by atoms with Crippen molar-refractivity contribution in [2.45, 2.75) is 60.3 Å². The van der Waals surface area contributed by atoms with Crippen molar-refractivity contribution in [1.29, 1.82) is 0 Å². The fourth-order valence-corrected chi connectivity index (χ4v) is 1.69. The van der Waals surface area contributed by atoms with Gasteiger partial charge in [-0.1, -0.05) is 53.9 Å². The summed E-state index contributed by atoms with van der Waals surface area (Å²) in [6.07, 6.45) is 5.44. The van der Waals surface area contributed by atoms with Crippen LogP contribution >= 0.6 is 0 Å². The van der Waals surface area contributed by atoms with Crippen molar-refractivity contribution < 1.29 is 0 Å². The molecule has 15 heavy (non-hydrogen) atoms. The van der Waals surface area contributed by atoms with Crippen molar-refractivity contribution >= 4 is 0 Å². The van der Waals surface area contributed by atoms with E-state index >= 15 is 0 Å². The molecule has 0 saturated carbocycles. The van der Waals surface area contributed by atoms with E-state index in [9.17, 15) is 0 Å². The molecule has 1 unspecified atom stereocenters. The van der Waals surface area contributed by atoms with E-state index in [0.29, 0.717) is 0 Å². The number of hydrogen-bond donors (Lipinski definition) is 1. The fourth-order valence-electron chi connectivity index (χ4n) is 1.69. The van der Waals surface area contributed by atoms with Gasteiger partial charge in [-0.3, -0.25) is 0 Å². The van der Waals surface area contributed by atoms with Gasteiger partial charge in [0, 0.05) is 0 Å². The van der Waals surface area contributed by atoms with Crippen LogP contribution in [0.15, 0.2) is 0 Å². The van der Waals surface area contributed by atoms with Crippen LogP contribution in [0.2, 0.25) is 0 Å². The molecule has 0 aliphatic carbocycles. The molecule has 0 saturated heterocycles. The van der Waals surface area contributed by atoms with Crippen molar-refractivity contribution in [2.24, 2.45) is 17.8 Å². The van der Waals surface area contributed by atoms with Crippen LogP contribution in [0.3, 0.4) is 0 Å². The highest BCUT2D eigenvalue weighted by molar-refractivity contribution is 4.64. The molecule has 92 valence electrons. The summed E-state index contributed by atoms with van der Waals surface area (Å²) in [5.74, 6) is 2.49. The molecule has 0 rings (SSSR count). The lowest BCUT2D eigenvalue weighted by molar-refractivity contribution is 0.358. The van der Waals surface area contributed by atoms with E-state index < -0.39 is 0 Å². The van der Waals surface area contributed by atoms with E-state index in [2.05, 4.69) is 39.9 Å². The Hall–Kier alpha value is -0.0400. The summed E-state index contributed by atoms with van der Waals surface area (Å²) in [7, 11) is 0. The van der Waals surface area contributed by atoms with Crippen molar-refractivity contribution in [1.82, 2.24) is 5.32 Å². The van der Waals surface area contributed by atoms with Gasteiger partial charge in [-0.25, -0.2) is 0 Å². The van der Waals surface area contributed by atoms with E-state index in [0.717, 1.165) is 17.8 Å². The molecule has 0 aromatic heterocycles. The van der Waals surface area contributed by atoms with E-state index in [4.69, 9.17) is 0 Å². The van der Waals surface area contributed by atoms with Crippen molar-refractivity contribution in [2.75, 3.05) is 13.1 Å². The Morgan fingerprint density at radius 1 is 1.00 bits per heavy atom. The van der Waals surface area contributed by atoms with Crippen molar-refractivity contribution in [3.8, 4) is 0 Å². The Morgan fingerprint density at radius 2 is 1.67 bits per heavy atom. The zero-order valence-corrected chi connectivity index (χ0v) is 11.5. The quantitative estimate of drug-likeness (QED) is 0.608. The molecule has 0 aliphatic heterocycles. The van der Waals surface area contributed by atoms with Gasteiger partial charge in [0.25, 0.3) is 0 Å². The molecule has 1 heteroatoms. The number of unbranched alkanes of at least 4 members (excludes halogenated alkanes) is 1. The first-order valence-electron chi connectivity index (χ1n) is 6.82. The minimum absolute atomic E-state index is 0.799. The Balaban J connectivity index is 3.53. The van der Waals surface area contributed by atoms with Crippen LogP contribution < -0.4 is 5.32 Å². The van der Waals surface area contributed by atoms with Gasteiger partial charge in [-0.15, -0.1) is 0 Å². The lowest BCUT2D eigenvalue weighted by atomic mass is 9.96. The molecule has 0 aromatic carbocycles. The van der Waals surface area contributed by atoms with Gasteiger partial charge < -0.3 is 5.32 Å². The standard InChI is InChI=1S/C14H31N/c1-6-8-9-14(7-2)11-15-10-13(5)12(3)4/h12-15H,6-11H2,1-5H3/t13-,14?/m1/s1. The van der Waals surface area contributed by atoms with Crippen LogP contribution in [-0.4, -0.2) is 13.1 Å². The lowest BCUT2D eigenvalue weighted by Crippen LogP contribution is -2.29. The zero-order chi connectivity index (χ0) is 11.7. The van der Waals surface area contributed by atoms with Gasteiger partial charge in [0.1, 0.15) is 0 Å². The molecular formula is C14H31N. The first-order valence-corrected chi connectivity index (χ1v) is 6.82. The third-order valence-electron chi connectivity index (χ3n) is 3.58. The van der Waals surface area contributed by atoms with Crippen LogP contribution in [-0.2, 0) is 0 Å². The van der Waals surface area contributed by atoms with Gasteiger partial charge in [0.2, 0.25) is 0 Å². The van der Waals surface area contributed by atoms with Gasteiger partial charge in [-0.2, -0.15) is 0 Å². The minimum Gasteiger partial charge on any atom is -0.316 e. The maximum Gasteiger partial charge on any atom is -0.00205 e. The Kier molecular flexibility index (Phi) is 9.18. The molecule has 0 aromatic rings. The Bertz CT molecular complexity index is 131. The van der Waals surface area contributed by atoms with Gasteiger partial charge in [0.15, 0.2) is 0 Å². The highest BCUT2D eigenvalue weighted by atomic mass is 14.9. The van der Waals surface area contributed by atoms with Crippen LogP contribution in [0.1, 0.15) is 60.3 Å². The Morgan fingerprint density at radius 3 is 2.13 bits per heavy atom. The predicted molar refractivity (Wildman–Crippen MR) is 70.2 cm³/mol. The smallest absolute Gasteiger partial charge is 0.00205 e. The molecule has 0 spiro atoms. The van der Waals surface area contributed by atoms with E-state index in [1.165, 1.54) is 38.8 Å². The molecule has 0 heterocycles. The first kappa shape index (κ1) is 15.0. The molecule has 0 aliphatic rings. The zero-order valence-electron chi connectivity index (χ0n) is 11.5. The van der Waals surface area contributed by atoms with Gasteiger partial charge in [0.05, 0.1) is 0 Å². The van der Waals surface area contributed by atoms with Crippen LogP contribution in [0.25, 0.3) is 0 Å². The van der Waals surface area contributed by atoms with Gasteiger partial charge in [-0.05, 0) is 37.3 Å². The molecule has 2 atom stereocenters. The second kappa shape index (κ2) is 9.21. The average Bonchev–Trinajstić information content (AvgIpc) is 2.22. The highest BCUT2D eigenvalue weighted by Gasteiger charge is 2.08. The summed E-state index contributed by atoms with van der Waals surface area (Å²) in [5.41, 5.74) is 0. The van der Waals surface area contributed by atoms with Gasteiger partial charge >= 0.3 is 0 Å². The molecule has 0 bridgehead atoms. The summed E-state index contributed by atoms with van der Waals surface area (Å²) in [6, 6.07) is 0. The fraction of sp³-hybridized carbons (Fsp3) is 1.00. The highest BCUT2D eigenvalue weighted by Crippen LogP contribution is 2.12. The number of nitrogens with one attached hydrogen (secondary N) is 1. The minimum atomic E-state index is 0.799. The maximum absolute atomic E-state index is 3.63. The second-order valence-corrected chi connectivity index (χ2v) is 5.30. The lowest BCUT2D eigenvalue weighted by Gasteiger charge is -2.19. The van der Waals surface area contributed by atoms with Crippen molar-refractivity contribution in [3.05, 3.63) is 0 Å². The topological polar surface area (TPSA) is 12.0 Å². The van der Waals surface area contributed by atoms with Crippen LogP contribution in [0.5, 0.6) is 0 Å². The van der Waals surface area contributed by atoms with Crippen LogP contribution in [0.4, 0.5) is 0 Å². The average molecular weight is 213 g/mol. The monoisotopic (exact) mass is 213 g/mol. The summed E-state index contributed by atoms with van der Waals surface area (Å²) in [5, 5.41) is 3.63. The van der Waals surface area contributed by atoms with Crippen molar-refractivity contribution in [3.63, 3.8) is 0 Å². The first-order chi connectivity index (χ1) is 7.11. The second-order valence-electron chi connectivity index (χ2n) is 5.30. The normalized spacial score (nSPS) is 15.6. The molecular weight excluding hydrogens is 182 g/mol. The Labute approximate surface area is 97.0 Å². The summed E-state index contributed by atoms with van der Waals surface area (Å²) < 4.78 is 0. The molecule has 0 radical (unpaired) electrons. The molecule has 1 nitrogen and oxygen atoms in total. The van der Waals surface area contributed by atoms with E-state index in [1.807, 2.05) is 0 Å². The third-order valence-corrected chi connectivity index (χ3v) is 3.58. The third kappa shape index (κ3) is 7.84. The molecule has 1 N–H and O–H groups in total.